The second kappa shape index (κ2) is 13.2. The summed E-state index contributed by atoms with van der Waals surface area (Å²) in [4.78, 5) is 15.0. The Morgan fingerprint density at radius 2 is 1.72 bits per heavy atom. The first kappa shape index (κ1) is 29.2. The van der Waals surface area contributed by atoms with Gasteiger partial charge in [-0.05, 0) is 83.0 Å². The molecule has 43 heavy (non-hydrogen) atoms. The molecule has 6 heteroatoms. The largest absolute Gasteiger partial charge is 0.507 e. The molecular formula is C37H39N3O2S. The van der Waals surface area contributed by atoms with Crippen molar-refractivity contribution >= 4 is 39.4 Å². The lowest BCUT2D eigenvalue weighted by Gasteiger charge is -2.20. The SMILES string of the molecule is CCCCC(CC)CSc1nc(-c2ccc(OCC)cc2O)nc(-c2cc3c(ccc4ccccc43)c3c2C=CCC3)n1. The Kier molecular flexibility index (Phi) is 8.94. The molecule has 0 saturated heterocycles. The highest BCUT2D eigenvalue weighted by Crippen LogP contribution is 2.40. The first-order valence-electron chi connectivity index (χ1n) is 15.6. The van der Waals surface area contributed by atoms with E-state index in [9.17, 15) is 5.11 Å². The van der Waals surface area contributed by atoms with E-state index in [2.05, 4.69) is 68.5 Å². The van der Waals surface area contributed by atoms with E-state index in [0.717, 1.165) is 30.6 Å². The minimum atomic E-state index is 0.0971. The lowest BCUT2D eigenvalue weighted by atomic mass is 9.86. The summed E-state index contributed by atoms with van der Waals surface area (Å²) in [6.45, 7) is 6.97. The number of hydrogen-bond acceptors (Lipinski definition) is 6. The number of aromatic nitrogens is 3. The van der Waals surface area contributed by atoms with E-state index < -0.39 is 0 Å². The van der Waals surface area contributed by atoms with Crippen molar-refractivity contribution in [1.29, 1.82) is 0 Å². The Labute approximate surface area is 258 Å². The van der Waals surface area contributed by atoms with Gasteiger partial charge in [-0.1, -0.05) is 93.4 Å². The van der Waals surface area contributed by atoms with Gasteiger partial charge in [-0.2, -0.15) is 0 Å². The van der Waals surface area contributed by atoms with Crippen molar-refractivity contribution in [2.75, 3.05) is 12.4 Å². The summed E-state index contributed by atoms with van der Waals surface area (Å²) >= 11 is 1.70. The Morgan fingerprint density at radius 1 is 0.884 bits per heavy atom. The normalized spacial score (nSPS) is 13.4. The van der Waals surface area contributed by atoms with Crippen LogP contribution in [0.4, 0.5) is 0 Å². The molecule has 5 nitrogen and oxygen atoms in total. The van der Waals surface area contributed by atoms with Crippen LogP contribution in [0.3, 0.4) is 0 Å². The average Bonchev–Trinajstić information content (AvgIpc) is 3.04. The van der Waals surface area contributed by atoms with Crippen LogP contribution in [0.5, 0.6) is 11.5 Å². The smallest absolute Gasteiger partial charge is 0.191 e. The van der Waals surface area contributed by atoms with Gasteiger partial charge in [0.1, 0.15) is 11.5 Å². The number of fused-ring (bicyclic) bond motifs is 5. The van der Waals surface area contributed by atoms with Gasteiger partial charge in [-0.25, -0.2) is 15.0 Å². The topological polar surface area (TPSA) is 68.1 Å². The van der Waals surface area contributed by atoms with Crippen LogP contribution in [0.15, 0.2) is 71.9 Å². The van der Waals surface area contributed by atoms with E-state index in [1.165, 1.54) is 51.9 Å². The summed E-state index contributed by atoms with van der Waals surface area (Å²) in [6, 6.07) is 20.6. The second-order valence-corrected chi connectivity index (χ2v) is 12.2. The van der Waals surface area contributed by atoms with E-state index in [-0.39, 0.29) is 5.75 Å². The summed E-state index contributed by atoms with van der Waals surface area (Å²) in [7, 11) is 0. The minimum Gasteiger partial charge on any atom is -0.507 e. The predicted molar refractivity (Wildman–Crippen MR) is 180 cm³/mol. The molecule has 0 radical (unpaired) electrons. The highest BCUT2D eigenvalue weighted by Gasteiger charge is 2.21. The molecule has 0 aliphatic heterocycles. The van der Waals surface area contributed by atoms with Gasteiger partial charge in [-0.3, -0.25) is 0 Å². The maximum Gasteiger partial charge on any atom is 0.191 e. The maximum absolute atomic E-state index is 11.0. The summed E-state index contributed by atoms with van der Waals surface area (Å²) < 4.78 is 5.62. The molecule has 1 N–H and O–H groups in total. The number of hydrogen-bond donors (Lipinski definition) is 1. The number of unbranched alkanes of at least 4 members (excludes halogenated alkanes) is 1. The quantitative estimate of drug-likeness (QED) is 0.122. The van der Waals surface area contributed by atoms with E-state index in [0.29, 0.717) is 40.6 Å². The number of rotatable bonds is 11. The van der Waals surface area contributed by atoms with Crippen molar-refractivity contribution in [3.8, 4) is 34.3 Å². The molecule has 1 atom stereocenters. The molecule has 0 spiro atoms. The number of benzene rings is 4. The molecule has 0 amide bonds. The fraction of sp³-hybridized carbons (Fsp3) is 0.324. The predicted octanol–water partition coefficient (Wildman–Crippen LogP) is 9.88. The number of aryl methyl sites for hydroxylation is 1. The van der Waals surface area contributed by atoms with Gasteiger partial charge in [0, 0.05) is 17.4 Å². The van der Waals surface area contributed by atoms with Crippen LogP contribution >= 0.6 is 11.8 Å². The first-order valence-corrected chi connectivity index (χ1v) is 16.6. The fourth-order valence-corrected chi connectivity index (χ4v) is 7.12. The van der Waals surface area contributed by atoms with Gasteiger partial charge in [0.25, 0.3) is 0 Å². The van der Waals surface area contributed by atoms with Crippen LogP contribution in [-0.2, 0) is 6.42 Å². The van der Waals surface area contributed by atoms with E-state index in [1.807, 2.05) is 19.1 Å². The monoisotopic (exact) mass is 589 g/mol. The number of nitrogens with zero attached hydrogens (tertiary/aromatic N) is 3. The van der Waals surface area contributed by atoms with Crippen molar-refractivity contribution in [2.24, 2.45) is 5.92 Å². The zero-order valence-corrected chi connectivity index (χ0v) is 26.1. The number of phenolic OH excluding ortho intramolecular Hbond substituents is 1. The van der Waals surface area contributed by atoms with Gasteiger partial charge >= 0.3 is 0 Å². The molecule has 5 aromatic rings. The number of aromatic hydroxyl groups is 1. The van der Waals surface area contributed by atoms with Crippen LogP contribution in [0.25, 0.3) is 50.4 Å². The molecule has 220 valence electrons. The number of phenols is 1. The third kappa shape index (κ3) is 6.12. The molecule has 1 aliphatic rings. The molecule has 0 saturated carbocycles. The van der Waals surface area contributed by atoms with Gasteiger partial charge < -0.3 is 9.84 Å². The van der Waals surface area contributed by atoms with Crippen molar-refractivity contribution in [3.05, 3.63) is 77.9 Å². The Balaban J connectivity index is 1.53. The Morgan fingerprint density at radius 3 is 2.51 bits per heavy atom. The lowest BCUT2D eigenvalue weighted by molar-refractivity contribution is 0.338. The Hall–Kier alpha value is -3.90. The average molecular weight is 590 g/mol. The van der Waals surface area contributed by atoms with Gasteiger partial charge in [-0.15, -0.1) is 0 Å². The summed E-state index contributed by atoms with van der Waals surface area (Å²) in [6.07, 6.45) is 11.2. The maximum atomic E-state index is 11.0. The zero-order chi connectivity index (χ0) is 29.8. The number of thioether (sulfide) groups is 1. The zero-order valence-electron chi connectivity index (χ0n) is 25.3. The van der Waals surface area contributed by atoms with Crippen molar-refractivity contribution in [3.63, 3.8) is 0 Å². The fourth-order valence-electron chi connectivity index (χ4n) is 6.03. The van der Waals surface area contributed by atoms with Crippen LogP contribution in [0.1, 0.15) is 64.0 Å². The van der Waals surface area contributed by atoms with Crippen molar-refractivity contribution < 1.29 is 9.84 Å². The molecule has 4 aromatic carbocycles. The standard InChI is InChI=1S/C37H39N3O2S/c1-4-7-12-24(5-2)23-43-37-39-35(31-20-18-26(42-6-3)21-34(31)41)38-36(40-37)33-22-32-27-14-9-8-13-25(27)17-19-30(32)28-15-10-11-16-29(28)33/h8-9,11,13-14,16-22,24,41H,4-7,10,12,15,23H2,1-3H3. The highest BCUT2D eigenvalue weighted by molar-refractivity contribution is 7.99. The summed E-state index contributed by atoms with van der Waals surface area (Å²) in [5.74, 6) is 3.39. The van der Waals surface area contributed by atoms with Gasteiger partial charge in [0.05, 0.1) is 12.2 Å². The van der Waals surface area contributed by atoms with Gasteiger partial charge in [0.2, 0.25) is 0 Å². The molecule has 6 rings (SSSR count). The summed E-state index contributed by atoms with van der Waals surface area (Å²) in [5.41, 5.74) is 4.09. The van der Waals surface area contributed by atoms with Crippen LogP contribution < -0.4 is 4.74 Å². The van der Waals surface area contributed by atoms with Crippen molar-refractivity contribution in [2.45, 2.75) is 64.5 Å². The molecule has 0 bridgehead atoms. The summed E-state index contributed by atoms with van der Waals surface area (Å²) in [5, 5.41) is 16.7. The van der Waals surface area contributed by atoms with Gasteiger partial charge in [0.15, 0.2) is 16.8 Å². The third-order valence-electron chi connectivity index (χ3n) is 8.41. The number of allylic oxidation sites excluding steroid dienone is 1. The van der Waals surface area contributed by atoms with E-state index in [1.54, 1.807) is 17.8 Å². The van der Waals surface area contributed by atoms with Crippen LogP contribution in [0.2, 0.25) is 0 Å². The van der Waals surface area contributed by atoms with Crippen LogP contribution in [-0.4, -0.2) is 32.4 Å². The molecular weight excluding hydrogens is 550 g/mol. The molecule has 1 unspecified atom stereocenters. The molecule has 0 fully saturated rings. The third-order valence-corrected chi connectivity index (χ3v) is 9.49. The molecule has 1 heterocycles. The van der Waals surface area contributed by atoms with Crippen molar-refractivity contribution in [1.82, 2.24) is 15.0 Å². The minimum absolute atomic E-state index is 0.0971. The molecule has 1 aromatic heterocycles. The van der Waals surface area contributed by atoms with E-state index in [4.69, 9.17) is 19.7 Å². The number of ether oxygens (including phenoxy) is 1. The van der Waals surface area contributed by atoms with Crippen LogP contribution in [0, 0.1) is 5.92 Å². The second-order valence-electron chi connectivity index (χ2n) is 11.2. The molecule has 1 aliphatic carbocycles. The first-order chi connectivity index (χ1) is 21.1. The Bertz CT molecular complexity index is 1800. The highest BCUT2D eigenvalue weighted by atomic mass is 32.2. The lowest BCUT2D eigenvalue weighted by Crippen LogP contribution is -2.06. The van der Waals surface area contributed by atoms with E-state index >= 15 is 0 Å².